The minimum atomic E-state index is -0.379. The number of guanidine groups is 1. The van der Waals surface area contributed by atoms with Crippen molar-refractivity contribution < 1.29 is 9.53 Å². The average Bonchev–Trinajstić information content (AvgIpc) is 2.95. The van der Waals surface area contributed by atoms with E-state index in [2.05, 4.69) is 40.0 Å². The second-order valence-corrected chi connectivity index (χ2v) is 6.85. The number of ether oxygens (including phenoxy) is 1. The fourth-order valence-corrected chi connectivity index (χ4v) is 2.73. The Balaban J connectivity index is 0.00000676. The van der Waals surface area contributed by atoms with E-state index in [4.69, 9.17) is 9.73 Å². The Morgan fingerprint density at radius 2 is 2.07 bits per heavy atom. The monoisotopic (exact) mass is 493 g/mol. The molecule has 0 radical (unpaired) electrons. The first kappa shape index (κ1) is 25.6. The predicted octanol–water partition coefficient (Wildman–Crippen LogP) is 3.20. The number of carbonyl (C=O) groups excluding carboxylic acids is 1. The third-order valence-electron chi connectivity index (χ3n) is 3.96. The van der Waals surface area contributed by atoms with E-state index >= 15 is 0 Å². The number of nitrogens with zero attached hydrogens (tertiary/aromatic N) is 3. The average molecular weight is 493 g/mol. The van der Waals surface area contributed by atoms with Gasteiger partial charge in [-0.05, 0) is 38.3 Å². The number of halogens is 1. The molecule has 1 atom stereocenters. The van der Waals surface area contributed by atoms with Crippen LogP contribution in [-0.2, 0) is 18.3 Å². The molecular weight excluding hydrogens is 457 g/mol. The summed E-state index contributed by atoms with van der Waals surface area (Å²) in [5, 5.41) is 6.25. The van der Waals surface area contributed by atoms with Gasteiger partial charge in [-0.3, -0.25) is 4.99 Å². The molecule has 2 N–H and O–H groups in total. The van der Waals surface area contributed by atoms with Gasteiger partial charge in [-0.2, -0.15) is 0 Å². The van der Waals surface area contributed by atoms with Crippen LogP contribution in [0, 0.1) is 5.92 Å². The largest absolute Gasteiger partial charge is 0.450 e. The van der Waals surface area contributed by atoms with Crippen molar-refractivity contribution in [3.63, 3.8) is 0 Å². The van der Waals surface area contributed by atoms with Gasteiger partial charge in [-0.25, -0.2) is 4.79 Å². The topological polar surface area (TPSA) is 70.9 Å². The highest BCUT2D eigenvalue weighted by molar-refractivity contribution is 14.0. The number of hydrogen-bond donors (Lipinski definition) is 2. The number of carbonyl (C=O) groups is 1. The molecule has 0 aliphatic carbocycles. The van der Waals surface area contributed by atoms with E-state index in [9.17, 15) is 4.79 Å². The van der Waals surface area contributed by atoms with Crippen molar-refractivity contribution in [2.45, 2.75) is 46.7 Å². The van der Waals surface area contributed by atoms with Crippen LogP contribution in [0.3, 0.4) is 0 Å². The van der Waals surface area contributed by atoms with Crippen LogP contribution in [0.1, 0.15) is 39.8 Å². The van der Waals surface area contributed by atoms with Crippen molar-refractivity contribution in [2.75, 3.05) is 26.7 Å². The number of rotatable bonds is 9. The number of amides is 1. The van der Waals surface area contributed by atoms with Crippen LogP contribution in [0.5, 0.6) is 0 Å². The van der Waals surface area contributed by atoms with Crippen molar-refractivity contribution in [1.29, 1.82) is 0 Å². The zero-order chi connectivity index (χ0) is 19.5. The summed E-state index contributed by atoms with van der Waals surface area (Å²) in [5.74, 6) is 1.29. The predicted molar refractivity (Wildman–Crippen MR) is 122 cm³/mol. The SMILES string of the molecule is CCNC(=NCC(CC(C)C)NC(=O)OCC)N(C)Cc1cccn1C.I. The van der Waals surface area contributed by atoms with Gasteiger partial charge in [-0.1, -0.05) is 13.8 Å². The lowest BCUT2D eigenvalue weighted by atomic mass is 10.0. The number of alkyl carbamates (subject to hydrolysis) is 1. The quantitative estimate of drug-likeness (QED) is 0.315. The van der Waals surface area contributed by atoms with Crippen LogP contribution in [-0.4, -0.2) is 54.3 Å². The fourth-order valence-electron chi connectivity index (χ4n) is 2.73. The molecule has 1 aromatic rings. The molecule has 0 bridgehead atoms. The standard InChI is InChI=1S/C19H35N5O2.HI/c1-7-20-18(24(6)14-17-10-9-11-23(17)5)21-13-16(12-15(3)4)22-19(25)26-8-2;/h9-11,15-16H,7-8,12-14H2,1-6H3,(H,20,21)(H,22,25);1H. The van der Waals surface area contributed by atoms with E-state index in [1.165, 1.54) is 5.69 Å². The molecule has 1 aromatic heterocycles. The summed E-state index contributed by atoms with van der Waals surface area (Å²) in [6, 6.07) is 4.09. The Kier molecular flexibility index (Phi) is 12.9. The van der Waals surface area contributed by atoms with Crippen molar-refractivity contribution >= 4 is 36.0 Å². The first-order valence-corrected chi connectivity index (χ1v) is 9.40. The molecule has 7 nitrogen and oxygen atoms in total. The van der Waals surface area contributed by atoms with Gasteiger partial charge < -0.3 is 24.8 Å². The summed E-state index contributed by atoms with van der Waals surface area (Å²) in [7, 11) is 4.06. The number of hydrogen-bond acceptors (Lipinski definition) is 3. The molecule has 1 heterocycles. The molecule has 8 heteroatoms. The van der Waals surface area contributed by atoms with Gasteiger partial charge in [0.25, 0.3) is 0 Å². The maximum Gasteiger partial charge on any atom is 0.407 e. The van der Waals surface area contributed by atoms with Gasteiger partial charge >= 0.3 is 6.09 Å². The number of nitrogens with one attached hydrogen (secondary N) is 2. The highest BCUT2D eigenvalue weighted by atomic mass is 127. The van der Waals surface area contributed by atoms with E-state index in [0.717, 1.165) is 25.5 Å². The molecule has 0 aliphatic rings. The molecular formula is C19H36IN5O2. The Morgan fingerprint density at radius 3 is 2.59 bits per heavy atom. The molecule has 1 unspecified atom stereocenters. The first-order chi connectivity index (χ1) is 12.4. The summed E-state index contributed by atoms with van der Waals surface area (Å²) < 4.78 is 7.11. The number of aromatic nitrogens is 1. The normalized spacial score (nSPS) is 12.3. The second kappa shape index (κ2) is 13.7. The number of aliphatic imine (C=N–C) groups is 1. The molecule has 0 aromatic carbocycles. The minimum Gasteiger partial charge on any atom is -0.450 e. The summed E-state index contributed by atoms with van der Waals surface area (Å²) >= 11 is 0. The van der Waals surface area contributed by atoms with Gasteiger partial charge in [0.2, 0.25) is 0 Å². The minimum absolute atomic E-state index is 0. The zero-order valence-corrected chi connectivity index (χ0v) is 19.8. The van der Waals surface area contributed by atoms with Gasteiger partial charge in [0.05, 0.1) is 25.7 Å². The fraction of sp³-hybridized carbons (Fsp3) is 0.684. The number of aryl methyl sites for hydroxylation is 1. The molecule has 0 spiro atoms. The lowest BCUT2D eigenvalue weighted by Gasteiger charge is -2.24. The van der Waals surface area contributed by atoms with Crippen LogP contribution in [0.2, 0.25) is 0 Å². The lowest BCUT2D eigenvalue weighted by Crippen LogP contribution is -2.42. The smallest absolute Gasteiger partial charge is 0.407 e. The summed E-state index contributed by atoms with van der Waals surface area (Å²) in [6.07, 6.45) is 2.51. The summed E-state index contributed by atoms with van der Waals surface area (Å²) in [5.41, 5.74) is 1.21. The van der Waals surface area contributed by atoms with Crippen LogP contribution < -0.4 is 10.6 Å². The molecule has 1 amide bonds. The van der Waals surface area contributed by atoms with Gasteiger partial charge in [0.15, 0.2) is 5.96 Å². The molecule has 0 fully saturated rings. The maximum absolute atomic E-state index is 11.8. The van der Waals surface area contributed by atoms with E-state index in [1.54, 1.807) is 6.92 Å². The molecule has 0 saturated heterocycles. The van der Waals surface area contributed by atoms with E-state index in [-0.39, 0.29) is 36.1 Å². The Bertz CT molecular complexity index is 574. The molecule has 0 saturated carbocycles. The third-order valence-corrected chi connectivity index (χ3v) is 3.96. The Morgan fingerprint density at radius 1 is 1.37 bits per heavy atom. The highest BCUT2D eigenvalue weighted by Gasteiger charge is 2.16. The molecule has 1 rings (SSSR count). The van der Waals surface area contributed by atoms with Gasteiger partial charge in [-0.15, -0.1) is 24.0 Å². The molecule has 156 valence electrons. The maximum atomic E-state index is 11.8. The van der Waals surface area contributed by atoms with Crippen molar-refractivity contribution in [2.24, 2.45) is 18.0 Å². The van der Waals surface area contributed by atoms with Crippen LogP contribution in [0.25, 0.3) is 0 Å². The van der Waals surface area contributed by atoms with E-state index in [0.29, 0.717) is 19.1 Å². The molecule has 0 aliphatic heterocycles. The Labute approximate surface area is 180 Å². The van der Waals surface area contributed by atoms with E-state index < -0.39 is 0 Å². The van der Waals surface area contributed by atoms with Gasteiger partial charge in [0, 0.05) is 32.5 Å². The van der Waals surface area contributed by atoms with Crippen molar-refractivity contribution in [1.82, 2.24) is 20.1 Å². The van der Waals surface area contributed by atoms with Crippen LogP contribution in [0.15, 0.2) is 23.3 Å². The third kappa shape index (κ3) is 9.88. The van der Waals surface area contributed by atoms with Crippen molar-refractivity contribution in [3.8, 4) is 0 Å². The van der Waals surface area contributed by atoms with E-state index in [1.807, 2.05) is 33.3 Å². The molecule has 27 heavy (non-hydrogen) atoms. The Hall–Kier alpha value is -1.45. The van der Waals surface area contributed by atoms with Gasteiger partial charge in [0.1, 0.15) is 0 Å². The highest BCUT2D eigenvalue weighted by Crippen LogP contribution is 2.07. The second-order valence-electron chi connectivity index (χ2n) is 6.85. The first-order valence-electron chi connectivity index (χ1n) is 9.40. The summed E-state index contributed by atoms with van der Waals surface area (Å²) in [6.45, 7) is 10.5. The zero-order valence-electron chi connectivity index (χ0n) is 17.5. The lowest BCUT2D eigenvalue weighted by molar-refractivity contribution is 0.147. The van der Waals surface area contributed by atoms with Crippen LogP contribution in [0.4, 0.5) is 4.79 Å². The van der Waals surface area contributed by atoms with Crippen molar-refractivity contribution in [3.05, 3.63) is 24.0 Å². The van der Waals surface area contributed by atoms with Crippen LogP contribution >= 0.6 is 24.0 Å². The summed E-state index contributed by atoms with van der Waals surface area (Å²) in [4.78, 5) is 18.6.